The van der Waals surface area contributed by atoms with E-state index < -0.39 is 0 Å². The fourth-order valence-corrected chi connectivity index (χ4v) is 5.53. The summed E-state index contributed by atoms with van der Waals surface area (Å²) in [6, 6.07) is 19.5. The van der Waals surface area contributed by atoms with Crippen LogP contribution < -0.4 is 0 Å². The summed E-state index contributed by atoms with van der Waals surface area (Å²) in [5.74, 6) is 1.65. The largest absolute Gasteiger partial charge is 0.265 e. The molecule has 0 amide bonds. The fourth-order valence-electron chi connectivity index (χ4n) is 5.53. The van der Waals surface area contributed by atoms with E-state index in [1.54, 1.807) is 12.4 Å². The minimum absolute atomic E-state index is 0.677. The summed E-state index contributed by atoms with van der Waals surface area (Å²) in [4.78, 5) is 8.67. The van der Waals surface area contributed by atoms with Crippen LogP contribution in [0.2, 0.25) is 0 Å². The lowest BCUT2D eigenvalue weighted by Crippen LogP contribution is -2.14. The number of rotatable bonds is 13. The highest BCUT2D eigenvalue weighted by molar-refractivity contribution is 5.62. The van der Waals surface area contributed by atoms with Crippen LogP contribution in [0.1, 0.15) is 121 Å². The Balaban J connectivity index is 0.000000555. The van der Waals surface area contributed by atoms with Crippen molar-refractivity contribution in [2.24, 2.45) is 5.92 Å². The molecular formula is C35H50N2. The van der Waals surface area contributed by atoms with Crippen molar-refractivity contribution in [1.82, 2.24) is 9.97 Å². The van der Waals surface area contributed by atoms with Crippen molar-refractivity contribution in [3.8, 4) is 11.1 Å². The van der Waals surface area contributed by atoms with Crippen LogP contribution in [0.4, 0.5) is 0 Å². The Bertz CT molecular complexity index is 899. The molecule has 2 aromatic heterocycles. The normalized spacial score (nSPS) is 17.1. The second kappa shape index (κ2) is 17.9. The fraction of sp³-hybridized carbons (Fsp3) is 0.543. The maximum absolute atomic E-state index is 4.89. The van der Waals surface area contributed by atoms with E-state index in [1.165, 1.54) is 119 Å². The molecule has 0 aliphatic heterocycles. The van der Waals surface area contributed by atoms with Crippen LogP contribution in [0.15, 0.2) is 73.2 Å². The molecule has 0 unspecified atom stereocenters. The SMILES string of the molecule is CCCCCCCCc1ccc(-c2ccc(C3CCC(CCCCC)CC3)nc2)cc1.c1ccncc1. The van der Waals surface area contributed by atoms with Gasteiger partial charge in [0.25, 0.3) is 0 Å². The Morgan fingerprint density at radius 3 is 1.89 bits per heavy atom. The maximum atomic E-state index is 4.89. The molecule has 2 heteroatoms. The van der Waals surface area contributed by atoms with Crippen LogP contribution in [0.25, 0.3) is 11.1 Å². The molecule has 0 radical (unpaired) electrons. The molecule has 1 fully saturated rings. The van der Waals surface area contributed by atoms with Gasteiger partial charge in [0.1, 0.15) is 0 Å². The smallest absolute Gasteiger partial charge is 0.0434 e. The van der Waals surface area contributed by atoms with E-state index in [9.17, 15) is 0 Å². The number of pyridine rings is 2. The monoisotopic (exact) mass is 498 g/mol. The highest BCUT2D eigenvalue weighted by Crippen LogP contribution is 2.37. The van der Waals surface area contributed by atoms with E-state index in [2.05, 4.69) is 61.4 Å². The molecular weight excluding hydrogens is 448 g/mol. The van der Waals surface area contributed by atoms with E-state index >= 15 is 0 Å². The van der Waals surface area contributed by atoms with Crippen molar-refractivity contribution in [2.75, 3.05) is 0 Å². The van der Waals surface area contributed by atoms with Gasteiger partial charge in [-0.05, 0) is 73.8 Å². The molecule has 4 rings (SSSR count). The lowest BCUT2D eigenvalue weighted by molar-refractivity contribution is 0.300. The van der Waals surface area contributed by atoms with Crippen molar-refractivity contribution in [3.05, 3.63) is 84.4 Å². The first kappa shape index (κ1) is 29.1. The van der Waals surface area contributed by atoms with Gasteiger partial charge in [0, 0.05) is 35.8 Å². The number of aromatic nitrogens is 2. The van der Waals surface area contributed by atoms with Crippen LogP contribution in [0.3, 0.4) is 0 Å². The number of benzene rings is 1. The van der Waals surface area contributed by atoms with E-state index in [1.807, 2.05) is 18.2 Å². The molecule has 2 heterocycles. The number of hydrogen-bond acceptors (Lipinski definition) is 2. The Morgan fingerprint density at radius 1 is 0.649 bits per heavy atom. The Hall–Kier alpha value is -2.48. The van der Waals surface area contributed by atoms with Gasteiger partial charge in [-0.1, -0.05) is 108 Å². The van der Waals surface area contributed by atoms with Crippen LogP contribution in [0, 0.1) is 5.92 Å². The van der Waals surface area contributed by atoms with Crippen molar-refractivity contribution in [3.63, 3.8) is 0 Å². The lowest BCUT2D eigenvalue weighted by Gasteiger charge is -2.28. The van der Waals surface area contributed by atoms with Gasteiger partial charge < -0.3 is 0 Å². The summed E-state index contributed by atoms with van der Waals surface area (Å²) in [5.41, 5.74) is 5.34. The number of unbranched alkanes of at least 4 members (excludes halogenated alkanes) is 7. The molecule has 0 N–H and O–H groups in total. The zero-order valence-corrected chi connectivity index (χ0v) is 23.6. The average molecular weight is 499 g/mol. The molecule has 0 atom stereocenters. The average Bonchev–Trinajstić information content (AvgIpc) is 2.97. The second-order valence-corrected chi connectivity index (χ2v) is 10.9. The van der Waals surface area contributed by atoms with Crippen molar-refractivity contribution in [2.45, 2.75) is 116 Å². The van der Waals surface area contributed by atoms with Gasteiger partial charge in [-0.2, -0.15) is 0 Å². The van der Waals surface area contributed by atoms with E-state index in [0.717, 1.165) is 5.92 Å². The summed E-state index contributed by atoms with van der Waals surface area (Å²) in [6.45, 7) is 4.59. The Labute approximate surface area is 227 Å². The van der Waals surface area contributed by atoms with Gasteiger partial charge in [-0.15, -0.1) is 0 Å². The molecule has 2 nitrogen and oxygen atoms in total. The number of hydrogen-bond donors (Lipinski definition) is 0. The van der Waals surface area contributed by atoms with E-state index in [-0.39, 0.29) is 0 Å². The zero-order valence-electron chi connectivity index (χ0n) is 23.6. The highest BCUT2D eigenvalue weighted by atomic mass is 14.7. The first-order chi connectivity index (χ1) is 18.3. The van der Waals surface area contributed by atoms with Crippen molar-refractivity contribution in [1.29, 1.82) is 0 Å². The maximum Gasteiger partial charge on any atom is 0.0434 e. The molecule has 0 saturated heterocycles. The Morgan fingerprint density at radius 2 is 1.30 bits per heavy atom. The molecule has 1 aliphatic rings. The van der Waals surface area contributed by atoms with Crippen LogP contribution >= 0.6 is 0 Å². The molecule has 3 aromatic rings. The van der Waals surface area contributed by atoms with Crippen LogP contribution in [-0.4, -0.2) is 9.97 Å². The summed E-state index contributed by atoms with van der Waals surface area (Å²) in [7, 11) is 0. The molecule has 0 spiro atoms. The summed E-state index contributed by atoms with van der Waals surface area (Å²) in [5, 5.41) is 0. The van der Waals surface area contributed by atoms with Gasteiger partial charge in [0.2, 0.25) is 0 Å². The third-order valence-corrected chi connectivity index (χ3v) is 7.94. The molecule has 1 aromatic carbocycles. The van der Waals surface area contributed by atoms with Crippen LogP contribution in [-0.2, 0) is 6.42 Å². The molecule has 200 valence electrons. The van der Waals surface area contributed by atoms with Gasteiger partial charge in [-0.3, -0.25) is 9.97 Å². The number of aryl methyl sites for hydroxylation is 1. The first-order valence-electron chi connectivity index (χ1n) is 15.2. The van der Waals surface area contributed by atoms with Gasteiger partial charge in [0.05, 0.1) is 0 Å². The van der Waals surface area contributed by atoms with E-state index in [0.29, 0.717) is 5.92 Å². The second-order valence-electron chi connectivity index (χ2n) is 10.9. The topological polar surface area (TPSA) is 25.8 Å². The highest BCUT2D eigenvalue weighted by Gasteiger charge is 2.22. The third-order valence-electron chi connectivity index (χ3n) is 7.94. The van der Waals surface area contributed by atoms with Gasteiger partial charge in [0.15, 0.2) is 0 Å². The van der Waals surface area contributed by atoms with E-state index in [4.69, 9.17) is 4.98 Å². The van der Waals surface area contributed by atoms with Gasteiger partial charge in [-0.25, -0.2) is 0 Å². The number of nitrogens with zero attached hydrogens (tertiary/aromatic N) is 2. The molecule has 37 heavy (non-hydrogen) atoms. The predicted molar refractivity (Wildman–Crippen MR) is 160 cm³/mol. The minimum atomic E-state index is 0.677. The zero-order chi connectivity index (χ0) is 26.0. The quantitative estimate of drug-likeness (QED) is 0.219. The Kier molecular flexibility index (Phi) is 14.1. The minimum Gasteiger partial charge on any atom is -0.265 e. The van der Waals surface area contributed by atoms with Crippen molar-refractivity contribution >= 4 is 0 Å². The summed E-state index contributed by atoms with van der Waals surface area (Å²) >= 11 is 0. The summed E-state index contributed by atoms with van der Waals surface area (Å²) in [6.07, 6.45) is 26.1. The third kappa shape index (κ3) is 11.2. The molecule has 1 aliphatic carbocycles. The molecule has 1 saturated carbocycles. The van der Waals surface area contributed by atoms with Crippen LogP contribution in [0.5, 0.6) is 0 Å². The predicted octanol–water partition coefficient (Wildman–Crippen LogP) is 10.6. The summed E-state index contributed by atoms with van der Waals surface area (Å²) < 4.78 is 0. The molecule has 0 bridgehead atoms. The first-order valence-corrected chi connectivity index (χ1v) is 15.2. The lowest BCUT2D eigenvalue weighted by atomic mass is 9.78. The standard InChI is InChI=1S/C30H45N.C5H5N/c1-3-5-7-8-9-11-13-26-14-18-27(19-15-26)29-22-23-30(31-24-29)28-20-16-25(17-21-28)12-10-6-4-2;1-2-4-6-5-3-1/h14-15,18-19,22-25,28H,3-13,16-17,20-21H2,1-2H3;1-5H. The van der Waals surface area contributed by atoms with Crippen molar-refractivity contribution < 1.29 is 0 Å². The van der Waals surface area contributed by atoms with Gasteiger partial charge >= 0.3 is 0 Å².